The summed E-state index contributed by atoms with van der Waals surface area (Å²) in [4.78, 5) is 0. The van der Waals surface area contributed by atoms with Gasteiger partial charge in [-0.25, -0.2) is 0 Å². The van der Waals surface area contributed by atoms with Crippen molar-refractivity contribution in [2.75, 3.05) is 0 Å². The van der Waals surface area contributed by atoms with E-state index in [9.17, 15) is 0 Å². The van der Waals surface area contributed by atoms with Gasteiger partial charge in [-0.05, 0) is 24.6 Å². The van der Waals surface area contributed by atoms with Gasteiger partial charge < -0.3 is 0 Å². The van der Waals surface area contributed by atoms with Crippen LogP contribution in [-0.2, 0) is 0 Å². The molecule has 0 amide bonds. The number of halogens is 3. The highest BCUT2D eigenvalue weighted by molar-refractivity contribution is 14.0. The molecular weight excluding hydrogens is 306 g/mol. The Morgan fingerprint density at radius 1 is 1.00 bits per heavy atom. The Bertz CT molecular complexity index is 204. The lowest BCUT2D eigenvalue weighted by molar-refractivity contribution is 1.47. The van der Waals surface area contributed by atoms with Gasteiger partial charge in [0, 0.05) is 10.0 Å². The van der Waals surface area contributed by atoms with Crippen LogP contribution in [0.4, 0.5) is 0 Å². The third-order valence-electron chi connectivity index (χ3n) is 1.20. The van der Waals surface area contributed by atoms with E-state index in [0.717, 1.165) is 15.6 Å². The lowest BCUT2D eigenvalue weighted by atomic mass is 10.2. The van der Waals surface area contributed by atoms with Gasteiger partial charge in [-0.1, -0.05) is 43.1 Å². The SMILES string of the molecule is CC.Cc1c(Cl)cccc1Cl.I. The van der Waals surface area contributed by atoms with Gasteiger partial charge in [-0.2, -0.15) is 0 Å². The normalized spacial score (nSPS) is 7.75. The molecule has 0 aliphatic rings. The van der Waals surface area contributed by atoms with Crippen LogP contribution in [0, 0.1) is 6.92 Å². The molecule has 0 unspecified atom stereocenters. The lowest BCUT2D eigenvalue weighted by Crippen LogP contribution is -1.73. The van der Waals surface area contributed by atoms with E-state index >= 15 is 0 Å². The van der Waals surface area contributed by atoms with E-state index in [1.807, 2.05) is 39.0 Å². The van der Waals surface area contributed by atoms with Crippen molar-refractivity contribution in [1.29, 1.82) is 0 Å². The van der Waals surface area contributed by atoms with Crippen LogP contribution in [0.5, 0.6) is 0 Å². The fraction of sp³-hybridized carbons (Fsp3) is 0.333. The monoisotopic (exact) mass is 318 g/mol. The highest BCUT2D eigenvalue weighted by atomic mass is 127. The highest BCUT2D eigenvalue weighted by Crippen LogP contribution is 2.21. The quantitative estimate of drug-likeness (QED) is 0.594. The summed E-state index contributed by atoms with van der Waals surface area (Å²) in [6.07, 6.45) is 0. The van der Waals surface area contributed by atoms with Crippen LogP contribution in [-0.4, -0.2) is 0 Å². The van der Waals surface area contributed by atoms with Gasteiger partial charge >= 0.3 is 0 Å². The Morgan fingerprint density at radius 2 is 1.33 bits per heavy atom. The summed E-state index contributed by atoms with van der Waals surface area (Å²) in [5.41, 5.74) is 0.945. The summed E-state index contributed by atoms with van der Waals surface area (Å²) >= 11 is 11.5. The van der Waals surface area contributed by atoms with Crippen molar-refractivity contribution in [3.63, 3.8) is 0 Å². The van der Waals surface area contributed by atoms with E-state index in [1.165, 1.54) is 0 Å². The predicted molar refractivity (Wildman–Crippen MR) is 68.0 cm³/mol. The molecule has 0 fully saturated rings. The van der Waals surface area contributed by atoms with Gasteiger partial charge in [0.25, 0.3) is 0 Å². The standard InChI is InChI=1S/C7H6Cl2.C2H6.HI/c1-5-6(8)3-2-4-7(5)9;1-2;/h2-4H,1H3;1-2H3;1H. The van der Waals surface area contributed by atoms with Crippen LogP contribution in [0.2, 0.25) is 10.0 Å². The second-order valence-electron chi connectivity index (χ2n) is 1.85. The molecular formula is C9H13Cl2I. The maximum absolute atomic E-state index is 5.73. The zero-order chi connectivity index (χ0) is 8.85. The number of hydrogen-bond acceptors (Lipinski definition) is 0. The maximum atomic E-state index is 5.73. The summed E-state index contributed by atoms with van der Waals surface area (Å²) in [6.45, 7) is 5.89. The van der Waals surface area contributed by atoms with Gasteiger partial charge in [0.05, 0.1) is 0 Å². The molecule has 0 nitrogen and oxygen atoms in total. The summed E-state index contributed by atoms with van der Waals surface area (Å²) in [7, 11) is 0. The zero-order valence-corrected chi connectivity index (χ0v) is 11.2. The van der Waals surface area contributed by atoms with Crippen molar-refractivity contribution in [1.82, 2.24) is 0 Å². The fourth-order valence-electron chi connectivity index (χ4n) is 0.581. The Balaban J connectivity index is 0. The number of hydrogen-bond donors (Lipinski definition) is 0. The van der Waals surface area contributed by atoms with Gasteiger partial charge in [0.2, 0.25) is 0 Å². The summed E-state index contributed by atoms with van der Waals surface area (Å²) in [5.74, 6) is 0. The minimum atomic E-state index is 0. The zero-order valence-electron chi connectivity index (χ0n) is 7.40. The van der Waals surface area contributed by atoms with Gasteiger partial charge in [-0.15, -0.1) is 24.0 Å². The number of benzene rings is 1. The molecule has 3 heteroatoms. The summed E-state index contributed by atoms with van der Waals surface area (Å²) in [6, 6.07) is 5.48. The molecule has 0 aliphatic heterocycles. The molecule has 1 aromatic carbocycles. The second-order valence-corrected chi connectivity index (χ2v) is 2.66. The first kappa shape index (κ1) is 15.0. The Kier molecular flexibility index (Phi) is 10.2. The predicted octanol–water partition coefficient (Wildman–Crippen LogP) is 4.95. The third-order valence-corrected chi connectivity index (χ3v) is 2.02. The summed E-state index contributed by atoms with van der Waals surface area (Å²) in [5, 5.41) is 1.45. The molecule has 12 heavy (non-hydrogen) atoms. The van der Waals surface area contributed by atoms with Crippen LogP contribution in [0.1, 0.15) is 19.4 Å². The van der Waals surface area contributed by atoms with Gasteiger partial charge in [-0.3, -0.25) is 0 Å². The maximum Gasteiger partial charge on any atom is 0.0450 e. The minimum Gasteiger partial charge on any atom is -0.107 e. The molecule has 70 valence electrons. The number of rotatable bonds is 0. The molecule has 0 saturated carbocycles. The van der Waals surface area contributed by atoms with Crippen molar-refractivity contribution in [2.24, 2.45) is 0 Å². The van der Waals surface area contributed by atoms with Crippen molar-refractivity contribution < 1.29 is 0 Å². The molecule has 0 heterocycles. The summed E-state index contributed by atoms with van der Waals surface area (Å²) < 4.78 is 0. The third kappa shape index (κ3) is 4.53. The second kappa shape index (κ2) is 8.14. The van der Waals surface area contributed by atoms with Crippen LogP contribution in [0.15, 0.2) is 18.2 Å². The molecule has 0 radical (unpaired) electrons. The molecule has 0 atom stereocenters. The first-order valence-electron chi connectivity index (χ1n) is 3.62. The van der Waals surface area contributed by atoms with Crippen molar-refractivity contribution >= 4 is 47.2 Å². The lowest BCUT2D eigenvalue weighted by Gasteiger charge is -1.96. The fourth-order valence-corrected chi connectivity index (χ4v) is 0.979. The van der Waals surface area contributed by atoms with E-state index in [4.69, 9.17) is 23.2 Å². The molecule has 0 saturated heterocycles. The Hall–Kier alpha value is 0.530. The Morgan fingerprint density at radius 3 is 1.58 bits per heavy atom. The van der Waals surface area contributed by atoms with E-state index in [2.05, 4.69) is 0 Å². The van der Waals surface area contributed by atoms with Crippen molar-refractivity contribution in [3.05, 3.63) is 33.8 Å². The minimum absolute atomic E-state index is 0. The average Bonchev–Trinajstić information content (AvgIpc) is 2.04. The molecule has 0 N–H and O–H groups in total. The van der Waals surface area contributed by atoms with Gasteiger partial charge in [0.15, 0.2) is 0 Å². The molecule has 0 spiro atoms. The smallest absolute Gasteiger partial charge is 0.0450 e. The van der Waals surface area contributed by atoms with E-state index in [0.29, 0.717) is 0 Å². The van der Waals surface area contributed by atoms with Crippen LogP contribution >= 0.6 is 47.2 Å². The van der Waals surface area contributed by atoms with Crippen LogP contribution in [0.25, 0.3) is 0 Å². The van der Waals surface area contributed by atoms with Crippen LogP contribution in [0.3, 0.4) is 0 Å². The topological polar surface area (TPSA) is 0 Å². The van der Waals surface area contributed by atoms with E-state index in [1.54, 1.807) is 0 Å². The molecule has 1 aromatic rings. The van der Waals surface area contributed by atoms with E-state index < -0.39 is 0 Å². The van der Waals surface area contributed by atoms with Crippen molar-refractivity contribution in [2.45, 2.75) is 20.8 Å². The average molecular weight is 319 g/mol. The van der Waals surface area contributed by atoms with Crippen LogP contribution < -0.4 is 0 Å². The molecule has 0 aromatic heterocycles. The van der Waals surface area contributed by atoms with Crippen molar-refractivity contribution in [3.8, 4) is 0 Å². The molecule has 0 aliphatic carbocycles. The highest BCUT2D eigenvalue weighted by Gasteiger charge is 1.96. The Labute approximate surface area is 101 Å². The first-order chi connectivity index (χ1) is 5.22. The molecule has 1 rings (SSSR count). The van der Waals surface area contributed by atoms with Gasteiger partial charge in [0.1, 0.15) is 0 Å². The van der Waals surface area contributed by atoms with E-state index in [-0.39, 0.29) is 24.0 Å². The largest absolute Gasteiger partial charge is 0.107 e. The first-order valence-corrected chi connectivity index (χ1v) is 4.38. The molecule has 0 bridgehead atoms.